The summed E-state index contributed by atoms with van der Waals surface area (Å²) in [6.07, 6.45) is 3.78. The van der Waals surface area contributed by atoms with Crippen LogP contribution in [0.5, 0.6) is 5.75 Å². The number of hydrogen-bond donors (Lipinski definition) is 2. The van der Waals surface area contributed by atoms with Gasteiger partial charge in [0.15, 0.2) is 5.96 Å². The molecule has 0 amide bonds. The van der Waals surface area contributed by atoms with E-state index >= 15 is 0 Å². The zero-order chi connectivity index (χ0) is 21.4. The third-order valence-electron chi connectivity index (χ3n) is 5.25. The van der Waals surface area contributed by atoms with Crippen molar-refractivity contribution in [3.63, 3.8) is 0 Å². The maximum atomic E-state index is 5.26. The molecular formula is C24H31N5O. The third kappa shape index (κ3) is 5.63. The molecule has 0 unspecified atom stereocenters. The lowest BCUT2D eigenvalue weighted by Crippen LogP contribution is -2.43. The van der Waals surface area contributed by atoms with E-state index in [4.69, 9.17) is 4.74 Å². The van der Waals surface area contributed by atoms with Crippen molar-refractivity contribution in [1.82, 2.24) is 20.4 Å². The first kappa shape index (κ1) is 21.4. The summed E-state index contributed by atoms with van der Waals surface area (Å²) in [4.78, 5) is 4.39. The maximum Gasteiger partial charge on any atom is 0.191 e. The van der Waals surface area contributed by atoms with Crippen molar-refractivity contribution in [2.45, 2.75) is 32.4 Å². The van der Waals surface area contributed by atoms with Crippen molar-refractivity contribution in [2.24, 2.45) is 4.99 Å². The molecule has 2 N–H and O–H groups in total. The molecule has 0 saturated carbocycles. The van der Waals surface area contributed by atoms with E-state index in [0.29, 0.717) is 6.54 Å². The fraction of sp³-hybridized carbons (Fsp3) is 0.333. The molecule has 0 spiro atoms. The average molecular weight is 406 g/mol. The molecule has 0 aliphatic rings. The number of aliphatic imine (C=N–C) groups is 1. The molecule has 0 fully saturated rings. The molecule has 0 atom stereocenters. The zero-order valence-corrected chi connectivity index (χ0v) is 18.2. The Balaban J connectivity index is 1.58. The lowest BCUT2D eigenvalue weighted by molar-refractivity contribution is 0.414. The van der Waals surface area contributed by atoms with E-state index in [2.05, 4.69) is 71.0 Å². The minimum atomic E-state index is -0.0537. The van der Waals surface area contributed by atoms with Crippen molar-refractivity contribution in [3.8, 4) is 5.75 Å². The van der Waals surface area contributed by atoms with E-state index in [1.807, 2.05) is 29.1 Å². The molecule has 3 rings (SSSR count). The first-order valence-electron chi connectivity index (χ1n) is 10.1. The molecule has 1 aromatic heterocycles. The Bertz CT molecular complexity index is 946. The van der Waals surface area contributed by atoms with Crippen LogP contribution < -0.4 is 15.4 Å². The van der Waals surface area contributed by atoms with Crippen molar-refractivity contribution in [2.75, 3.05) is 20.7 Å². The highest BCUT2D eigenvalue weighted by Crippen LogP contribution is 2.24. The summed E-state index contributed by atoms with van der Waals surface area (Å²) in [5, 5.41) is 11.2. The fourth-order valence-corrected chi connectivity index (χ4v) is 3.30. The molecule has 0 bridgehead atoms. The number of ether oxygens (including phenoxy) is 1. The van der Waals surface area contributed by atoms with Gasteiger partial charge in [-0.25, -0.2) is 0 Å². The first-order chi connectivity index (χ1) is 14.5. The summed E-state index contributed by atoms with van der Waals surface area (Å²) in [6, 6.07) is 18.6. The van der Waals surface area contributed by atoms with Gasteiger partial charge in [0.2, 0.25) is 0 Å². The molecule has 0 saturated heterocycles. The largest absolute Gasteiger partial charge is 0.497 e. The minimum Gasteiger partial charge on any atom is -0.497 e. The Morgan fingerprint density at radius 1 is 1.03 bits per heavy atom. The molecular weight excluding hydrogens is 374 g/mol. The maximum absolute atomic E-state index is 5.26. The average Bonchev–Trinajstić information content (AvgIpc) is 3.28. The second-order valence-electron chi connectivity index (χ2n) is 7.86. The van der Waals surface area contributed by atoms with Crippen molar-refractivity contribution >= 4 is 5.96 Å². The minimum absolute atomic E-state index is 0.0537. The van der Waals surface area contributed by atoms with Gasteiger partial charge in [-0.15, -0.1) is 0 Å². The molecule has 0 aliphatic carbocycles. The molecule has 0 radical (unpaired) electrons. The molecule has 30 heavy (non-hydrogen) atoms. The van der Waals surface area contributed by atoms with Crippen LogP contribution in [0.4, 0.5) is 0 Å². The quantitative estimate of drug-likeness (QED) is 0.444. The Morgan fingerprint density at radius 2 is 1.77 bits per heavy atom. The SMILES string of the molecule is CN=C(NCc1ccccc1Cn1cccn1)NCC(C)(C)c1ccc(OC)cc1. The lowest BCUT2D eigenvalue weighted by atomic mass is 9.84. The highest BCUT2D eigenvalue weighted by Gasteiger charge is 2.21. The molecule has 1 heterocycles. The molecule has 6 nitrogen and oxygen atoms in total. The normalized spacial score (nSPS) is 11.9. The van der Waals surface area contributed by atoms with Gasteiger partial charge < -0.3 is 15.4 Å². The van der Waals surface area contributed by atoms with Crippen LogP contribution in [-0.4, -0.2) is 36.4 Å². The van der Waals surface area contributed by atoms with Crippen LogP contribution in [0, 0.1) is 0 Å². The predicted molar refractivity (Wildman–Crippen MR) is 122 cm³/mol. The van der Waals surface area contributed by atoms with E-state index < -0.39 is 0 Å². The summed E-state index contributed by atoms with van der Waals surface area (Å²) in [6.45, 7) is 6.64. The summed E-state index contributed by atoms with van der Waals surface area (Å²) >= 11 is 0. The summed E-state index contributed by atoms with van der Waals surface area (Å²) in [7, 11) is 3.48. The van der Waals surface area contributed by atoms with Gasteiger partial charge in [0.05, 0.1) is 13.7 Å². The summed E-state index contributed by atoms with van der Waals surface area (Å²) < 4.78 is 7.20. The van der Waals surface area contributed by atoms with Crippen LogP contribution in [0.15, 0.2) is 72.0 Å². The van der Waals surface area contributed by atoms with Gasteiger partial charge in [0, 0.05) is 37.9 Å². The number of benzene rings is 2. The van der Waals surface area contributed by atoms with Crippen LogP contribution in [0.2, 0.25) is 0 Å². The van der Waals surface area contributed by atoms with Crippen molar-refractivity contribution in [1.29, 1.82) is 0 Å². The van der Waals surface area contributed by atoms with Gasteiger partial charge in [-0.05, 0) is 34.9 Å². The van der Waals surface area contributed by atoms with E-state index in [0.717, 1.165) is 24.8 Å². The second-order valence-corrected chi connectivity index (χ2v) is 7.86. The van der Waals surface area contributed by atoms with E-state index in [-0.39, 0.29) is 5.41 Å². The summed E-state index contributed by atoms with van der Waals surface area (Å²) in [5.74, 6) is 1.65. The van der Waals surface area contributed by atoms with Gasteiger partial charge in [-0.1, -0.05) is 50.2 Å². The number of aromatic nitrogens is 2. The fourth-order valence-electron chi connectivity index (χ4n) is 3.30. The smallest absolute Gasteiger partial charge is 0.191 e. The number of rotatable bonds is 8. The Labute approximate surface area is 179 Å². The summed E-state index contributed by atoms with van der Waals surface area (Å²) in [5.41, 5.74) is 3.66. The first-order valence-corrected chi connectivity index (χ1v) is 10.1. The van der Waals surface area contributed by atoms with Crippen LogP contribution in [0.1, 0.15) is 30.5 Å². The van der Waals surface area contributed by atoms with Crippen LogP contribution in [0.25, 0.3) is 0 Å². The van der Waals surface area contributed by atoms with Crippen molar-refractivity contribution in [3.05, 3.63) is 83.7 Å². The standard InChI is InChI=1S/C24H31N5O/c1-24(2,21-10-12-22(30-4)13-11-21)18-27-23(25-3)26-16-19-8-5-6-9-20(19)17-29-15-7-14-28-29/h5-15H,16-18H2,1-4H3,(H2,25,26,27). The molecule has 6 heteroatoms. The van der Waals surface area contributed by atoms with Crippen LogP contribution in [0.3, 0.4) is 0 Å². The number of methoxy groups -OCH3 is 1. The number of nitrogens with zero attached hydrogens (tertiary/aromatic N) is 3. The van der Waals surface area contributed by atoms with Gasteiger partial charge >= 0.3 is 0 Å². The monoisotopic (exact) mass is 405 g/mol. The Hall–Kier alpha value is -3.28. The Morgan fingerprint density at radius 3 is 2.40 bits per heavy atom. The van der Waals surface area contributed by atoms with Gasteiger partial charge in [-0.2, -0.15) is 5.10 Å². The van der Waals surface area contributed by atoms with Gasteiger partial charge in [-0.3, -0.25) is 9.67 Å². The zero-order valence-electron chi connectivity index (χ0n) is 18.2. The van der Waals surface area contributed by atoms with E-state index in [1.165, 1.54) is 16.7 Å². The van der Waals surface area contributed by atoms with Crippen LogP contribution in [-0.2, 0) is 18.5 Å². The molecule has 0 aliphatic heterocycles. The van der Waals surface area contributed by atoms with Gasteiger partial charge in [0.1, 0.15) is 5.75 Å². The highest BCUT2D eigenvalue weighted by molar-refractivity contribution is 5.79. The van der Waals surface area contributed by atoms with Crippen molar-refractivity contribution < 1.29 is 4.74 Å². The number of guanidine groups is 1. The second kappa shape index (κ2) is 9.96. The topological polar surface area (TPSA) is 63.5 Å². The third-order valence-corrected chi connectivity index (χ3v) is 5.25. The van der Waals surface area contributed by atoms with Crippen LogP contribution >= 0.6 is 0 Å². The number of hydrogen-bond acceptors (Lipinski definition) is 3. The lowest BCUT2D eigenvalue weighted by Gasteiger charge is -2.27. The highest BCUT2D eigenvalue weighted by atomic mass is 16.5. The van der Waals surface area contributed by atoms with E-state index in [9.17, 15) is 0 Å². The number of nitrogens with one attached hydrogen (secondary N) is 2. The molecule has 3 aromatic rings. The predicted octanol–water partition coefficient (Wildman–Crippen LogP) is 3.58. The van der Waals surface area contributed by atoms with E-state index in [1.54, 1.807) is 20.4 Å². The molecule has 2 aromatic carbocycles. The Kier molecular flexibility index (Phi) is 7.12. The molecule has 158 valence electrons. The van der Waals surface area contributed by atoms with Gasteiger partial charge in [0.25, 0.3) is 0 Å².